The van der Waals surface area contributed by atoms with Gasteiger partial charge in [0.25, 0.3) is 5.91 Å². The summed E-state index contributed by atoms with van der Waals surface area (Å²) in [6.45, 7) is 5.16. The summed E-state index contributed by atoms with van der Waals surface area (Å²) in [5.41, 5.74) is 2.34. The van der Waals surface area contributed by atoms with Crippen molar-refractivity contribution in [2.75, 3.05) is 26.2 Å². The van der Waals surface area contributed by atoms with Crippen molar-refractivity contribution in [2.45, 2.75) is 57.9 Å². The van der Waals surface area contributed by atoms with Gasteiger partial charge in [0.1, 0.15) is 11.3 Å². The maximum Gasteiger partial charge on any atom is 0.268 e. The average Bonchev–Trinajstić information content (AvgIpc) is 3.19. The number of pyridine rings is 1. The molecule has 7 rings (SSSR count). The van der Waals surface area contributed by atoms with E-state index in [0.717, 1.165) is 43.9 Å². The van der Waals surface area contributed by atoms with Crippen LogP contribution in [0.25, 0.3) is 5.65 Å². The lowest BCUT2D eigenvalue weighted by Crippen LogP contribution is -2.51. The molecule has 7 heteroatoms. The third kappa shape index (κ3) is 4.05. The monoisotopic (exact) mass is 449 g/mol. The molecule has 2 amide bonds. The van der Waals surface area contributed by atoms with Crippen LogP contribution < -0.4 is 10.6 Å². The largest absolute Gasteiger partial charge is 0.350 e. The van der Waals surface area contributed by atoms with Crippen LogP contribution in [0.1, 0.15) is 61.6 Å². The van der Waals surface area contributed by atoms with Crippen LogP contribution in [0.15, 0.2) is 24.4 Å². The molecular formula is C26H35N5O2. The Labute approximate surface area is 195 Å². The van der Waals surface area contributed by atoms with Crippen molar-refractivity contribution in [3.8, 4) is 0 Å². The van der Waals surface area contributed by atoms with Crippen molar-refractivity contribution in [1.82, 2.24) is 24.9 Å². The fraction of sp³-hybridized carbons (Fsp3) is 0.654. The maximum absolute atomic E-state index is 13.2. The second-order valence-electron chi connectivity index (χ2n) is 11.3. The molecule has 4 saturated carbocycles. The highest BCUT2D eigenvalue weighted by molar-refractivity contribution is 5.93. The number of imidazole rings is 1. The molecule has 33 heavy (non-hydrogen) atoms. The van der Waals surface area contributed by atoms with Gasteiger partial charge in [-0.05, 0) is 80.8 Å². The summed E-state index contributed by atoms with van der Waals surface area (Å²) in [5, 5.41) is 6.65. The van der Waals surface area contributed by atoms with Crippen molar-refractivity contribution in [3.63, 3.8) is 0 Å². The fourth-order valence-corrected chi connectivity index (χ4v) is 7.62. The van der Waals surface area contributed by atoms with Crippen LogP contribution in [0.3, 0.4) is 0 Å². The molecule has 0 spiro atoms. The van der Waals surface area contributed by atoms with E-state index in [0.29, 0.717) is 28.5 Å². The lowest BCUT2D eigenvalue weighted by atomic mass is 9.49. The molecule has 2 N–H and O–H groups in total. The van der Waals surface area contributed by atoms with Gasteiger partial charge in [-0.25, -0.2) is 4.98 Å². The predicted molar refractivity (Wildman–Crippen MR) is 126 cm³/mol. The Balaban J connectivity index is 1.15. The van der Waals surface area contributed by atoms with E-state index in [9.17, 15) is 9.59 Å². The van der Waals surface area contributed by atoms with Crippen LogP contribution in [-0.4, -0.2) is 58.3 Å². The molecule has 1 saturated heterocycles. The van der Waals surface area contributed by atoms with Gasteiger partial charge in [-0.1, -0.05) is 6.07 Å². The number of amides is 2. The van der Waals surface area contributed by atoms with Gasteiger partial charge in [-0.3, -0.25) is 14.0 Å². The first-order valence-electron chi connectivity index (χ1n) is 12.7. The zero-order chi connectivity index (χ0) is 22.6. The van der Waals surface area contributed by atoms with Crippen molar-refractivity contribution >= 4 is 17.5 Å². The Morgan fingerprint density at radius 2 is 1.88 bits per heavy atom. The SMILES string of the molecule is C[C@H]1CN(C(=O)Cc2cn3c(C(=O)NCC45CC6CC(CC(C6)C4)C5)cccc3n2)CCN1. The minimum atomic E-state index is -0.0393. The highest BCUT2D eigenvalue weighted by Crippen LogP contribution is 2.59. The summed E-state index contributed by atoms with van der Waals surface area (Å²) in [6.07, 6.45) is 10.2. The molecule has 5 aliphatic rings. The quantitative estimate of drug-likeness (QED) is 0.736. The van der Waals surface area contributed by atoms with E-state index < -0.39 is 0 Å². The molecule has 176 valence electrons. The number of hydrogen-bond donors (Lipinski definition) is 2. The highest BCUT2D eigenvalue weighted by atomic mass is 16.2. The molecule has 4 aliphatic carbocycles. The van der Waals surface area contributed by atoms with Gasteiger partial charge in [0.2, 0.25) is 5.91 Å². The number of piperazine rings is 1. The zero-order valence-electron chi connectivity index (χ0n) is 19.6. The number of aromatic nitrogens is 2. The third-order valence-electron chi connectivity index (χ3n) is 8.62. The molecular weight excluding hydrogens is 414 g/mol. The van der Waals surface area contributed by atoms with E-state index >= 15 is 0 Å². The zero-order valence-corrected chi connectivity index (χ0v) is 19.6. The van der Waals surface area contributed by atoms with Gasteiger partial charge in [0.05, 0.1) is 12.1 Å². The van der Waals surface area contributed by atoms with E-state index in [-0.39, 0.29) is 18.2 Å². The molecule has 2 aromatic rings. The summed E-state index contributed by atoms with van der Waals surface area (Å²) in [6, 6.07) is 5.95. The molecule has 7 nitrogen and oxygen atoms in total. The normalized spacial score (nSPS) is 32.9. The molecule has 4 bridgehead atoms. The van der Waals surface area contributed by atoms with Crippen LogP contribution >= 0.6 is 0 Å². The Kier molecular flexibility index (Phi) is 5.20. The molecule has 2 aromatic heterocycles. The van der Waals surface area contributed by atoms with Crippen molar-refractivity contribution in [1.29, 1.82) is 0 Å². The first kappa shape index (κ1) is 21.1. The van der Waals surface area contributed by atoms with Crippen LogP contribution in [-0.2, 0) is 11.2 Å². The van der Waals surface area contributed by atoms with Crippen molar-refractivity contribution < 1.29 is 9.59 Å². The van der Waals surface area contributed by atoms with Crippen molar-refractivity contribution in [3.05, 3.63) is 35.8 Å². The lowest BCUT2D eigenvalue weighted by Gasteiger charge is -2.56. The summed E-state index contributed by atoms with van der Waals surface area (Å²) in [5.74, 6) is 2.69. The number of nitrogens with one attached hydrogen (secondary N) is 2. The van der Waals surface area contributed by atoms with Gasteiger partial charge in [0, 0.05) is 38.4 Å². The van der Waals surface area contributed by atoms with E-state index in [1.165, 1.54) is 38.5 Å². The van der Waals surface area contributed by atoms with Crippen LogP contribution in [0.4, 0.5) is 0 Å². The van der Waals surface area contributed by atoms with Crippen LogP contribution in [0.5, 0.6) is 0 Å². The molecule has 0 unspecified atom stereocenters. The number of nitrogens with zero attached hydrogens (tertiary/aromatic N) is 3. The smallest absolute Gasteiger partial charge is 0.268 e. The first-order valence-corrected chi connectivity index (χ1v) is 12.7. The van der Waals surface area contributed by atoms with E-state index in [1.54, 1.807) is 0 Å². The topological polar surface area (TPSA) is 78.7 Å². The van der Waals surface area contributed by atoms with E-state index in [1.807, 2.05) is 33.7 Å². The van der Waals surface area contributed by atoms with Gasteiger partial charge >= 0.3 is 0 Å². The molecule has 0 radical (unpaired) electrons. The first-order chi connectivity index (χ1) is 16.0. The van der Waals surface area contributed by atoms with Gasteiger partial charge in [-0.15, -0.1) is 0 Å². The molecule has 3 heterocycles. The average molecular weight is 450 g/mol. The van der Waals surface area contributed by atoms with Gasteiger partial charge in [-0.2, -0.15) is 0 Å². The van der Waals surface area contributed by atoms with Crippen molar-refractivity contribution in [2.24, 2.45) is 23.2 Å². The molecule has 1 atom stereocenters. The summed E-state index contributed by atoms with van der Waals surface area (Å²) in [7, 11) is 0. The van der Waals surface area contributed by atoms with Gasteiger partial charge < -0.3 is 15.5 Å². The minimum Gasteiger partial charge on any atom is -0.350 e. The lowest BCUT2D eigenvalue weighted by molar-refractivity contribution is -0.131. The van der Waals surface area contributed by atoms with E-state index in [4.69, 9.17) is 0 Å². The summed E-state index contributed by atoms with van der Waals surface area (Å²) >= 11 is 0. The predicted octanol–water partition coefficient (Wildman–Crippen LogP) is 2.64. The molecule has 0 aromatic carbocycles. The number of carbonyl (C=O) groups is 2. The number of fused-ring (bicyclic) bond motifs is 1. The Morgan fingerprint density at radius 1 is 1.15 bits per heavy atom. The second kappa shape index (κ2) is 8.12. The Hall–Kier alpha value is -2.41. The fourth-order valence-electron chi connectivity index (χ4n) is 7.62. The number of carbonyl (C=O) groups excluding carboxylic acids is 2. The van der Waals surface area contributed by atoms with Gasteiger partial charge in [0.15, 0.2) is 0 Å². The second-order valence-corrected chi connectivity index (χ2v) is 11.3. The standard InChI is InChI=1S/C26H35N5O2/c1-17-14-30(6-5-27-17)24(32)10-21-15-31-22(3-2-4-23(31)29-21)25(33)28-16-26-11-18-7-19(12-26)9-20(8-18)13-26/h2-4,15,17-20,27H,5-14,16H2,1H3,(H,28,33)/t17-,18?,19?,20?,26?/m0/s1. The third-order valence-corrected chi connectivity index (χ3v) is 8.62. The molecule has 1 aliphatic heterocycles. The Bertz CT molecular complexity index is 1040. The minimum absolute atomic E-state index is 0.0393. The number of rotatable bonds is 5. The van der Waals surface area contributed by atoms with Crippen LogP contribution in [0.2, 0.25) is 0 Å². The Morgan fingerprint density at radius 3 is 2.58 bits per heavy atom. The summed E-state index contributed by atoms with van der Waals surface area (Å²) < 4.78 is 1.85. The number of hydrogen-bond acceptors (Lipinski definition) is 4. The maximum atomic E-state index is 13.2. The summed E-state index contributed by atoms with van der Waals surface area (Å²) in [4.78, 5) is 32.6. The van der Waals surface area contributed by atoms with E-state index in [2.05, 4.69) is 22.5 Å². The highest BCUT2D eigenvalue weighted by Gasteiger charge is 2.50. The van der Waals surface area contributed by atoms with Crippen LogP contribution in [0, 0.1) is 23.2 Å². The molecule has 5 fully saturated rings.